The number of aryl methyl sites for hydroxylation is 3. The summed E-state index contributed by atoms with van der Waals surface area (Å²) in [5.41, 5.74) is 3.92. The zero-order valence-electron chi connectivity index (χ0n) is 15.5. The number of carbonyl (C=O) groups excluding carboxylic acids is 1. The minimum atomic E-state index is -3.45. The molecule has 0 radical (unpaired) electrons. The molecule has 1 N–H and O–H groups in total. The second-order valence-electron chi connectivity index (χ2n) is 6.55. The van der Waals surface area contributed by atoms with Gasteiger partial charge in [-0.2, -0.15) is 4.31 Å². The topological polar surface area (TPSA) is 66.5 Å². The summed E-state index contributed by atoms with van der Waals surface area (Å²) in [6.45, 7) is 4.03. The highest BCUT2D eigenvalue weighted by molar-refractivity contribution is 7.88. The molecule has 1 amide bonds. The van der Waals surface area contributed by atoms with Crippen molar-refractivity contribution in [2.24, 2.45) is 0 Å². The summed E-state index contributed by atoms with van der Waals surface area (Å²) >= 11 is 0. The molecule has 0 unspecified atom stereocenters. The first-order valence-electron chi connectivity index (χ1n) is 8.62. The van der Waals surface area contributed by atoms with Gasteiger partial charge >= 0.3 is 0 Å². The zero-order chi connectivity index (χ0) is 19.2. The van der Waals surface area contributed by atoms with Gasteiger partial charge in [0.05, 0.1) is 12.8 Å². The molecule has 0 aromatic heterocycles. The Morgan fingerprint density at radius 3 is 2.38 bits per heavy atom. The molecule has 0 aliphatic rings. The van der Waals surface area contributed by atoms with Crippen molar-refractivity contribution in [3.05, 3.63) is 65.2 Å². The highest BCUT2D eigenvalue weighted by atomic mass is 32.2. The number of benzene rings is 2. The Morgan fingerprint density at radius 1 is 1.08 bits per heavy atom. The molecule has 0 saturated carbocycles. The number of nitrogens with one attached hydrogen (secondary N) is 1. The maximum Gasteiger partial charge on any atom is 0.239 e. The van der Waals surface area contributed by atoms with Gasteiger partial charge in [-0.25, -0.2) is 8.42 Å². The third kappa shape index (κ3) is 6.28. The van der Waals surface area contributed by atoms with Crippen molar-refractivity contribution < 1.29 is 13.2 Å². The van der Waals surface area contributed by atoms with E-state index in [4.69, 9.17) is 0 Å². The minimum Gasteiger partial charge on any atom is -0.325 e. The van der Waals surface area contributed by atoms with Crippen LogP contribution >= 0.6 is 0 Å². The summed E-state index contributed by atoms with van der Waals surface area (Å²) in [6.07, 6.45) is 2.57. The van der Waals surface area contributed by atoms with E-state index in [0.29, 0.717) is 18.7 Å². The van der Waals surface area contributed by atoms with Gasteiger partial charge in [-0.3, -0.25) is 4.79 Å². The summed E-state index contributed by atoms with van der Waals surface area (Å²) in [5, 5.41) is 2.80. The molecule has 26 heavy (non-hydrogen) atoms. The normalized spacial score (nSPS) is 11.5. The van der Waals surface area contributed by atoms with E-state index in [-0.39, 0.29) is 12.5 Å². The van der Waals surface area contributed by atoms with Crippen LogP contribution < -0.4 is 5.32 Å². The first-order valence-corrected chi connectivity index (χ1v) is 10.5. The Balaban J connectivity index is 1.95. The first-order chi connectivity index (χ1) is 12.3. The number of sulfonamides is 1. The summed E-state index contributed by atoms with van der Waals surface area (Å²) in [7, 11) is -3.45. The van der Waals surface area contributed by atoms with Gasteiger partial charge in [-0.15, -0.1) is 0 Å². The maximum absolute atomic E-state index is 12.3. The third-order valence-electron chi connectivity index (χ3n) is 4.16. The van der Waals surface area contributed by atoms with Crippen LogP contribution in [0.2, 0.25) is 0 Å². The van der Waals surface area contributed by atoms with Crippen molar-refractivity contribution in [1.82, 2.24) is 4.31 Å². The zero-order valence-corrected chi connectivity index (χ0v) is 16.3. The van der Waals surface area contributed by atoms with Crippen molar-refractivity contribution in [1.29, 1.82) is 0 Å². The lowest BCUT2D eigenvalue weighted by atomic mass is 10.1. The van der Waals surface area contributed by atoms with Gasteiger partial charge in [0.1, 0.15) is 0 Å². The van der Waals surface area contributed by atoms with Gasteiger partial charge in [-0.05, 0) is 43.9 Å². The van der Waals surface area contributed by atoms with Crippen LogP contribution in [0.25, 0.3) is 0 Å². The number of anilines is 1. The largest absolute Gasteiger partial charge is 0.325 e. The number of rotatable bonds is 8. The van der Waals surface area contributed by atoms with Crippen molar-refractivity contribution in [3.63, 3.8) is 0 Å². The smallest absolute Gasteiger partial charge is 0.239 e. The van der Waals surface area contributed by atoms with Crippen LogP contribution in [-0.2, 0) is 21.2 Å². The van der Waals surface area contributed by atoms with E-state index in [2.05, 4.69) is 5.32 Å². The van der Waals surface area contributed by atoms with E-state index < -0.39 is 10.0 Å². The number of carbonyl (C=O) groups is 1. The molecule has 2 aromatic rings. The SMILES string of the molecule is Cc1ccc(NC(=O)CN(CCCc2ccccc2)S(C)(=O)=O)c(C)c1. The highest BCUT2D eigenvalue weighted by Crippen LogP contribution is 2.16. The van der Waals surface area contributed by atoms with E-state index in [1.807, 2.05) is 62.4 Å². The van der Waals surface area contributed by atoms with E-state index in [1.165, 1.54) is 4.31 Å². The van der Waals surface area contributed by atoms with Gasteiger partial charge in [0.15, 0.2) is 0 Å². The van der Waals surface area contributed by atoms with Gasteiger partial charge in [0.2, 0.25) is 15.9 Å². The predicted octanol–water partition coefficient (Wildman–Crippen LogP) is 3.14. The Hall–Kier alpha value is -2.18. The number of nitrogens with zero attached hydrogens (tertiary/aromatic N) is 1. The number of hydrogen-bond donors (Lipinski definition) is 1. The van der Waals surface area contributed by atoms with Crippen LogP contribution in [0.15, 0.2) is 48.5 Å². The Kier molecular flexibility index (Phi) is 6.94. The Morgan fingerprint density at radius 2 is 1.77 bits per heavy atom. The predicted molar refractivity (Wildman–Crippen MR) is 106 cm³/mol. The molecule has 0 spiro atoms. The number of hydrogen-bond acceptors (Lipinski definition) is 3. The van der Waals surface area contributed by atoms with Crippen molar-refractivity contribution >= 4 is 21.6 Å². The molecule has 6 heteroatoms. The van der Waals surface area contributed by atoms with Gasteiger partial charge in [0, 0.05) is 12.2 Å². The van der Waals surface area contributed by atoms with E-state index >= 15 is 0 Å². The van der Waals surface area contributed by atoms with Crippen LogP contribution in [-0.4, -0.2) is 38.0 Å². The summed E-state index contributed by atoms with van der Waals surface area (Å²) < 4.78 is 25.3. The quantitative estimate of drug-likeness (QED) is 0.772. The third-order valence-corrected chi connectivity index (χ3v) is 5.41. The maximum atomic E-state index is 12.3. The molecule has 0 atom stereocenters. The standard InChI is InChI=1S/C20H26N2O3S/c1-16-11-12-19(17(2)14-16)21-20(23)15-22(26(3,24)25)13-7-10-18-8-5-4-6-9-18/h4-6,8-9,11-12,14H,7,10,13,15H2,1-3H3,(H,21,23). The molecular formula is C20H26N2O3S. The molecule has 0 bridgehead atoms. The summed E-state index contributed by atoms with van der Waals surface area (Å²) in [5.74, 6) is -0.331. The van der Waals surface area contributed by atoms with Crippen LogP contribution in [0.3, 0.4) is 0 Å². The van der Waals surface area contributed by atoms with Crippen LogP contribution in [0.4, 0.5) is 5.69 Å². The number of amides is 1. The van der Waals surface area contributed by atoms with E-state index in [1.54, 1.807) is 0 Å². The monoisotopic (exact) mass is 374 g/mol. The molecule has 0 aliphatic heterocycles. The average Bonchev–Trinajstić information content (AvgIpc) is 2.56. The highest BCUT2D eigenvalue weighted by Gasteiger charge is 2.20. The van der Waals surface area contributed by atoms with E-state index in [9.17, 15) is 13.2 Å². The molecule has 2 aromatic carbocycles. The molecule has 0 aliphatic carbocycles. The van der Waals surface area contributed by atoms with Gasteiger partial charge in [-0.1, -0.05) is 48.0 Å². The average molecular weight is 375 g/mol. The van der Waals surface area contributed by atoms with Gasteiger partial charge in [0.25, 0.3) is 0 Å². The fourth-order valence-corrected chi connectivity index (χ4v) is 3.58. The van der Waals surface area contributed by atoms with E-state index in [0.717, 1.165) is 29.4 Å². The fourth-order valence-electron chi connectivity index (χ4n) is 2.77. The molecule has 0 fully saturated rings. The molecular weight excluding hydrogens is 348 g/mol. The van der Waals surface area contributed by atoms with Crippen LogP contribution in [0, 0.1) is 13.8 Å². The molecule has 2 rings (SSSR count). The Bertz CT molecular complexity index is 849. The van der Waals surface area contributed by atoms with Gasteiger partial charge < -0.3 is 5.32 Å². The summed E-state index contributed by atoms with van der Waals surface area (Å²) in [6, 6.07) is 15.6. The molecule has 0 saturated heterocycles. The van der Waals surface area contributed by atoms with Crippen LogP contribution in [0.5, 0.6) is 0 Å². The van der Waals surface area contributed by atoms with Crippen molar-refractivity contribution in [2.75, 3.05) is 24.7 Å². The first kappa shape index (κ1) is 20.1. The summed E-state index contributed by atoms with van der Waals surface area (Å²) in [4.78, 5) is 12.3. The minimum absolute atomic E-state index is 0.180. The Labute approximate surface area is 156 Å². The van der Waals surface area contributed by atoms with Crippen molar-refractivity contribution in [3.8, 4) is 0 Å². The van der Waals surface area contributed by atoms with Crippen molar-refractivity contribution in [2.45, 2.75) is 26.7 Å². The lowest BCUT2D eigenvalue weighted by Crippen LogP contribution is -2.38. The molecule has 5 nitrogen and oxygen atoms in total. The molecule has 0 heterocycles. The second-order valence-corrected chi connectivity index (χ2v) is 8.53. The second kappa shape index (κ2) is 8.96. The fraction of sp³-hybridized carbons (Fsp3) is 0.350. The lowest BCUT2D eigenvalue weighted by molar-refractivity contribution is -0.116. The molecule has 140 valence electrons. The van der Waals surface area contributed by atoms with Crippen LogP contribution in [0.1, 0.15) is 23.1 Å². The lowest BCUT2D eigenvalue weighted by Gasteiger charge is -2.20.